The summed E-state index contributed by atoms with van der Waals surface area (Å²) in [5.41, 5.74) is 11.2. The van der Waals surface area contributed by atoms with Crippen molar-refractivity contribution in [2.75, 3.05) is 42.5 Å². The number of anilines is 2. The topological polar surface area (TPSA) is 65.7 Å². The normalized spacial score (nSPS) is 15.5. The monoisotopic (exact) mass is 445 g/mol. The van der Waals surface area contributed by atoms with Gasteiger partial charge in [0.1, 0.15) is 0 Å². The lowest BCUT2D eigenvalue weighted by molar-refractivity contribution is 0.252. The largest absolute Gasteiger partial charge is 0.368 e. The molecule has 4 rings (SSSR count). The number of amides is 2. The van der Waals surface area contributed by atoms with Gasteiger partial charge in [0.2, 0.25) is 0 Å². The molecule has 2 heterocycles. The first-order valence-corrected chi connectivity index (χ1v) is 12.0. The number of carbonyl (C=O) groups excluding carboxylic acids is 1. The summed E-state index contributed by atoms with van der Waals surface area (Å²) in [6, 6.07) is 18.6. The van der Waals surface area contributed by atoms with Crippen LogP contribution >= 0.6 is 0 Å². The molecule has 2 amide bonds. The van der Waals surface area contributed by atoms with Gasteiger partial charge in [0.25, 0.3) is 0 Å². The number of aromatic nitrogens is 1. The third-order valence-corrected chi connectivity index (χ3v) is 6.74. The van der Waals surface area contributed by atoms with Crippen molar-refractivity contribution in [1.29, 1.82) is 0 Å². The quantitative estimate of drug-likeness (QED) is 0.578. The summed E-state index contributed by atoms with van der Waals surface area (Å²) in [5.74, 6) is 0. The van der Waals surface area contributed by atoms with Crippen molar-refractivity contribution in [2.45, 2.75) is 39.7 Å². The number of pyridine rings is 1. The van der Waals surface area contributed by atoms with Gasteiger partial charge in [-0.2, -0.15) is 0 Å². The lowest BCUT2D eigenvalue weighted by Gasteiger charge is -2.36. The number of hydrogen-bond acceptors (Lipinski definition) is 4. The molecule has 6 nitrogen and oxygen atoms in total. The molecule has 174 valence electrons. The van der Waals surface area contributed by atoms with E-state index in [1.807, 2.05) is 26.0 Å². The fourth-order valence-corrected chi connectivity index (χ4v) is 4.66. The molecule has 1 aliphatic heterocycles. The van der Waals surface area contributed by atoms with E-state index >= 15 is 0 Å². The molecule has 0 spiro atoms. The molecule has 1 aliphatic rings. The Morgan fingerprint density at radius 2 is 1.85 bits per heavy atom. The maximum Gasteiger partial charge on any atom is 0.319 e. The highest BCUT2D eigenvalue weighted by atomic mass is 16.2. The lowest BCUT2D eigenvalue weighted by atomic mass is 10.1. The van der Waals surface area contributed by atoms with Gasteiger partial charge in [0.05, 0.1) is 5.52 Å². The van der Waals surface area contributed by atoms with E-state index in [1.54, 1.807) is 4.90 Å². The van der Waals surface area contributed by atoms with Crippen LogP contribution < -0.4 is 15.5 Å². The van der Waals surface area contributed by atoms with Crippen LogP contribution in [0.4, 0.5) is 16.2 Å². The zero-order valence-corrected chi connectivity index (χ0v) is 20.0. The van der Waals surface area contributed by atoms with E-state index in [0.717, 1.165) is 62.5 Å². The highest BCUT2D eigenvalue weighted by Crippen LogP contribution is 2.27. The van der Waals surface area contributed by atoms with E-state index < -0.39 is 6.03 Å². The van der Waals surface area contributed by atoms with Crippen molar-refractivity contribution >= 4 is 28.3 Å². The summed E-state index contributed by atoms with van der Waals surface area (Å²) in [6.07, 6.45) is 1.82. The second-order valence-corrected chi connectivity index (χ2v) is 9.01. The first-order valence-electron chi connectivity index (χ1n) is 12.0. The Balaban J connectivity index is 1.36. The minimum absolute atomic E-state index is 0.0824. The van der Waals surface area contributed by atoms with Gasteiger partial charge in [-0.1, -0.05) is 25.1 Å². The van der Waals surface area contributed by atoms with E-state index in [1.165, 1.54) is 16.6 Å². The summed E-state index contributed by atoms with van der Waals surface area (Å²) in [7, 11) is 0. The lowest BCUT2D eigenvalue weighted by Crippen LogP contribution is -2.47. The van der Waals surface area contributed by atoms with Gasteiger partial charge in [-0.3, -0.25) is 14.8 Å². The van der Waals surface area contributed by atoms with Crippen LogP contribution in [0.5, 0.6) is 0 Å². The number of nitrogens with two attached hydrogens (primary N) is 1. The van der Waals surface area contributed by atoms with Crippen molar-refractivity contribution in [2.24, 2.45) is 5.73 Å². The number of nitrogens with zero attached hydrogens (tertiary/aromatic N) is 4. The smallest absolute Gasteiger partial charge is 0.319 e. The first kappa shape index (κ1) is 23.1. The number of carbonyl (C=O) groups is 1. The van der Waals surface area contributed by atoms with Gasteiger partial charge in [0.15, 0.2) is 0 Å². The molecule has 1 unspecified atom stereocenters. The standard InChI is InChI=1S/C27H35N5O/c1-4-21(3)32(27(28)33)23-8-5-7-22(19-23)13-14-30-15-17-31(18-16-30)26-10-6-9-25-24(26)12-11-20(2)29-25/h5-12,19,21H,4,13-18H2,1-3H3,(H2,28,33). The molecule has 1 saturated heterocycles. The molecule has 33 heavy (non-hydrogen) atoms. The van der Waals surface area contributed by atoms with Crippen LogP contribution in [0, 0.1) is 6.92 Å². The van der Waals surface area contributed by atoms with Gasteiger partial charge in [-0.05, 0) is 68.7 Å². The summed E-state index contributed by atoms with van der Waals surface area (Å²) in [6.45, 7) is 11.2. The minimum atomic E-state index is -0.392. The molecule has 0 saturated carbocycles. The zero-order valence-electron chi connectivity index (χ0n) is 20.0. The van der Waals surface area contributed by atoms with Gasteiger partial charge < -0.3 is 10.6 Å². The minimum Gasteiger partial charge on any atom is -0.368 e. The predicted molar refractivity (Wildman–Crippen MR) is 137 cm³/mol. The number of aryl methyl sites for hydroxylation is 1. The molecule has 0 bridgehead atoms. The second kappa shape index (κ2) is 10.2. The second-order valence-electron chi connectivity index (χ2n) is 9.01. The van der Waals surface area contributed by atoms with Crippen LogP contribution in [-0.2, 0) is 6.42 Å². The van der Waals surface area contributed by atoms with Crippen molar-refractivity contribution < 1.29 is 4.79 Å². The SMILES string of the molecule is CCC(C)N(C(N)=O)c1cccc(CCN2CCN(c3cccc4nc(C)ccc34)CC2)c1. The molecular weight excluding hydrogens is 410 g/mol. The summed E-state index contributed by atoms with van der Waals surface area (Å²) in [5, 5.41) is 1.23. The van der Waals surface area contributed by atoms with Crippen molar-refractivity contribution in [1.82, 2.24) is 9.88 Å². The maximum absolute atomic E-state index is 12.0. The van der Waals surface area contributed by atoms with Crippen LogP contribution in [0.3, 0.4) is 0 Å². The van der Waals surface area contributed by atoms with E-state index in [0.29, 0.717) is 0 Å². The predicted octanol–water partition coefficient (Wildman–Crippen LogP) is 4.59. The molecule has 0 aliphatic carbocycles. The van der Waals surface area contributed by atoms with Gasteiger partial charge in [-0.25, -0.2) is 4.79 Å². The highest BCUT2D eigenvalue weighted by Gasteiger charge is 2.20. The number of urea groups is 1. The van der Waals surface area contributed by atoms with E-state index in [4.69, 9.17) is 5.73 Å². The highest BCUT2D eigenvalue weighted by molar-refractivity contribution is 5.92. The molecule has 0 radical (unpaired) electrons. The Kier molecular flexibility index (Phi) is 7.14. The van der Waals surface area contributed by atoms with Crippen LogP contribution in [0.25, 0.3) is 10.9 Å². The first-order chi connectivity index (χ1) is 16.0. The van der Waals surface area contributed by atoms with Crippen molar-refractivity contribution in [3.8, 4) is 0 Å². The Morgan fingerprint density at radius 3 is 2.58 bits per heavy atom. The Bertz CT molecular complexity index is 1110. The van der Waals surface area contributed by atoms with Crippen LogP contribution in [-0.4, -0.2) is 54.7 Å². The third kappa shape index (κ3) is 5.28. The van der Waals surface area contributed by atoms with Crippen LogP contribution in [0.2, 0.25) is 0 Å². The van der Waals surface area contributed by atoms with Gasteiger partial charge >= 0.3 is 6.03 Å². The molecule has 2 aromatic carbocycles. The Labute approximate surface area is 197 Å². The van der Waals surface area contributed by atoms with E-state index in [2.05, 4.69) is 64.2 Å². The Hall–Kier alpha value is -3.12. The summed E-state index contributed by atoms with van der Waals surface area (Å²) < 4.78 is 0. The number of primary amides is 1. The molecule has 1 aromatic heterocycles. The fourth-order valence-electron chi connectivity index (χ4n) is 4.66. The van der Waals surface area contributed by atoms with Gasteiger partial charge in [0, 0.05) is 61.2 Å². The third-order valence-electron chi connectivity index (χ3n) is 6.74. The number of fused-ring (bicyclic) bond motifs is 1. The van der Waals surface area contributed by atoms with Crippen molar-refractivity contribution in [3.05, 3.63) is 65.9 Å². The van der Waals surface area contributed by atoms with Crippen LogP contribution in [0.1, 0.15) is 31.5 Å². The molecule has 2 N–H and O–H groups in total. The molecule has 3 aromatic rings. The average Bonchev–Trinajstić information content (AvgIpc) is 2.82. The fraction of sp³-hybridized carbons (Fsp3) is 0.407. The van der Waals surface area contributed by atoms with Crippen LogP contribution in [0.15, 0.2) is 54.6 Å². The number of rotatable bonds is 7. The maximum atomic E-state index is 12.0. The molecule has 1 atom stereocenters. The Morgan fingerprint density at radius 1 is 1.09 bits per heavy atom. The zero-order chi connectivity index (χ0) is 23.4. The van der Waals surface area contributed by atoms with E-state index in [9.17, 15) is 4.79 Å². The summed E-state index contributed by atoms with van der Waals surface area (Å²) in [4.78, 5) is 23.4. The molecule has 1 fully saturated rings. The molecular formula is C27H35N5O. The molecule has 6 heteroatoms. The average molecular weight is 446 g/mol. The summed E-state index contributed by atoms with van der Waals surface area (Å²) >= 11 is 0. The van der Waals surface area contributed by atoms with Crippen molar-refractivity contribution in [3.63, 3.8) is 0 Å². The van der Waals surface area contributed by atoms with Gasteiger partial charge in [-0.15, -0.1) is 0 Å². The number of hydrogen-bond donors (Lipinski definition) is 1. The number of piperazine rings is 1. The number of benzene rings is 2. The van der Waals surface area contributed by atoms with E-state index in [-0.39, 0.29) is 6.04 Å².